The largest absolute Gasteiger partial charge is 0.545 e. The minimum atomic E-state index is -1.48. The summed E-state index contributed by atoms with van der Waals surface area (Å²) in [6.45, 7) is 0. The molecular formula is C26H17Cl3N3O7-. The van der Waals surface area contributed by atoms with Gasteiger partial charge in [0.05, 0.1) is 36.6 Å². The summed E-state index contributed by atoms with van der Waals surface area (Å²) in [4.78, 5) is 50.8. The second-order valence-electron chi connectivity index (χ2n) is 7.93. The Bertz CT molecular complexity index is 1560. The van der Waals surface area contributed by atoms with Gasteiger partial charge in [-0.05, 0) is 48.5 Å². The number of nitrogens with one attached hydrogen (secondary N) is 2. The highest BCUT2D eigenvalue weighted by molar-refractivity contribution is 6.53. The van der Waals surface area contributed by atoms with Crippen LogP contribution in [0.1, 0.15) is 20.7 Å². The zero-order chi connectivity index (χ0) is 28.4. The van der Waals surface area contributed by atoms with Gasteiger partial charge in [-0.2, -0.15) is 0 Å². The maximum atomic E-state index is 13.1. The number of nitrogens with zero attached hydrogens (tertiary/aromatic N) is 1. The van der Waals surface area contributed by atoms with Crippen molar-refractivity contribution in [3.05, 3.63) is 86.5 Å². The molecule has 0 spiro atoms. The molecular weight excluding hydrogens is 573 g/mol. The number of carboxylic acid groups (broad SMARTS) is 1. The standard InChI is InChI=1S/C26H18Cl3N3O7/c1-38-19-8-5-13(27)9-18(19)32-24(34)21(29)22(25(32)35)30-14-6-3-12(4-7-14)23(33)31-17-11-20(39-2)15(26(36)37)10-16(17)28/h3-11,30H,1-2H3,(H,31,33)(H,36,37)/p-1. The summed E-state index contributed by atoms with van der Waals surface area (Å²) in [5, 5.41) is 16.5. The highest BCUT2D eigenvalue weighted by Crippen LogP contribution is 2.37. The van der Waals surface area contributed by atoms with Crippen LogP contribution in [-0.4, -0.2) is 37.9 Å². The second kappa shape index (κ2) is 11.2. The van der Waals surface area contributed by atoms with Crippen LogP contribution >= 0.6 is 34.8 Å². The molecule has 0 unspecified atom stereocenters. The Balaban J connectivity index is 1.51. The van der Waals surface area contributed by atoms with Crippen LogP contribution < -0.4 is 30.1 Å². The zero-order valence-corrected chi connectivity index (χ0v) is 22.4. The third-order valence-corrected chi connectivity index (χ3v) is 6.48. The molecule has 0 saturated carbocycles. The van der Waals surface area contributed by atoms with Gasteiger partial charge in [0.2, 0.25) is 0 Å². The molecule has 3 aromatic carbocycles. The molecule has 0 atom stereocenters. The first kappa shape index (κ1) is 27.8. The molecule has 0 aromatic heterocycles. The molecule has 1 aliphatic rings. The number of rotatable bonds is 8. The first-order chi connectivity index (χ1) is 18.5. The Labute approximate surface area is 236 Å². The maximum Gasteiger partial charge on any atom is 0.283 e. The van der Waals surface area contributed by atoms with Gasteiger partial charge in [-0.25, -0.2) is 4.90 Å². The average Bonchev–Trinajstić information content (AvgIpc) is 3.12. The van der Waals surface area contributed by atoms with Crippen LogP contribution in [0.25, 0.3) is 0 Å². The molecule has 13 heteroatoms. The van der Waals surface area contributed by atoms with Crippen LogP contribution in [0.15, 0.2) is 65.3 Å². The van der Waals surface area contributed by atoms with E-state index < -0.39 is 23.7 Å². The summed E-state index contributed by atoms with van der Waals surface area (Å²) in [6.07, 6.45) is 0. The van der Waals surface area contributed by atoms with E-state index in [1.165, 1.54) is 56.7 Å². The van der Waals surface area contributed by atoms with Crippen molar-refractivity contribution in [1.29, 1.82) is 0 Å². The number of amides is 3. The molecule has 0 bridgehead atoms. The molecule has 1 heterocycles. The molecule has 200 valence electrons. The number of anilines is 3. The van der Waals surface area contributed by atoms with Crippen LogP contribution in [0.5, 0.6) is 11.5 Å². The Hall–Kier alpha value is -4.25. The van der Waals surface area contributed by atoms with E-state index in [1.807, 2.05) is 0 Å². The molecule has 1 aliphatic heterocycles. The van der Waals surface area contributed by atoms with Crippen LogP contribution in [0.2, 0.25) is 10.0 Å². The highest BCUT2D eigenvalue weighted by atomic mass is 35.5. The minimum Gasteiger partial charge on any atom is -0.545 e. The van der Waals surface area contributed by atoms with E-state index in [4.69, 9.17) is 44.3 Å². The van der Waals surface area contributed by atoms with Gasteiger partial charge in [-0.1, -0.05) is 34.8 Å². The lowest BCUT2D eigenvalue weighted by Crippen LogP contribution is -2.32. The summed E-state index contributed by atoms with van der Waals surface area (Å²) < 4.78 is 10.3. The number of halogens is 3. The Morgan fingerprint density at radius 2 is 1.54 bits per heavy atom. The third-order valence-electron chi connectivity index (χ3n) is 5.58. The lowest BCUT2D eigenvalue weighted by atomic mass is 10.1. The summed E-state index contributed by atoms with van der Waals surface area (Å²) in [5.41, 5.74) is 0.376. The quantitative estimate of drug-likeness (QED) is 0.375. The molecule has 10 nitrogen and oxygen atoms in total. The number of imide groups is 1. The van der Waals surface area contributed by atoms with Gasteiger partial charge in [0.25, 0.3) is 17.7 Å². The lowest BCUT2D eigenvalue weighted by molar-refractivity contribution is -0.255. The first-order valence-electron chi connectivity index (χ1n) is 10.9. The number of hydrogen-bond donors (Lipinski definition) is 2. The van der Waals surface area contributed by atoms with E-state index in [9.17, 15) is 24.3 Å². The highest BCUT2D eigenvalue weighted by Gasteiger charge is 2.40. The molecule has 3 aromatic rings. The molecule has 39 heavy (non-hydrogen) atoms. The molecule has 0 aliphatic carbocycles. The lowest BCUT2D eigenvalue weighted by Gasteiger charge is -2.18. The minimum absolute atomic E-state index is 0.0338. The summed E-state index contributed by atoms with van der Waals surface area (Å²) in [6, 6.07) is 12.7. The smallest absolute Gasteiger partial charge is 0.283 e. The topological polar surface area (TPSA) is 137 Å². The van der Waals surface area contributed by atoms with E-state index in [0.29, 0.717) is 5.69 Å². The van der Waals surface area contributed by atoms with E-state index in [-0.39, 0.29) is 54.8 Å². The summed E-state index contributed by atoms with van der Waals surface area (Å²) in [5.74, 6) is -3.33. The fourth-order valence-corrected chi connectivity index (χ4v) is 4.28. The van der Waals surface area contributed by atoms with Crippen LogP contribution in [0, 0.1) is 0 Å². The molecule has 0 fully saturated rings. The van der Waals surface area contributed by atoms with Gasteiger partial charge in [0.1, 0.15) is 22.2 Å². The number of carboxylic acids is 1. The van der Waals surface area contributed by atoms with Crippen molar-refractivity contribution in [2.24, 2.45) is 0 Å². The van der Waals surface area contributed by atoms with Gasteiger partial charge in [0.15, 0.2) is 0 Å². The number of aromatic carboxylic acids is 1. The number of benzene rings is 3. The van der Waals surface area contributed by atoms with Crippen molar-refractivity contribution in [1.82, 2.24) is 0 Å². The molecule has 0 saturated heterocycles. The second-order valence-corrected chi connectivity index (χ2v) is 9.15. The van der Waals surface area contributed by atoms with Gasteiger partial charge < -0.3 is 30.0 Å². The molecule has 2 N–H and O–H groups in total. The molecule has 0 radical (unpaired) electrons. The van der Waals surface area contributed by atoms with E-state index >= 15 is 0 Å². The Morgan fingerprint density at radius 3 is 2.15 bits per heavy atom. The van der Waals surface area contributed by atoms with Crippen molar-refractivity contribution in [2.75, 3.05) is 29.8 Å². The SMILES string of the molecule is COc1cc(NC(=O)c2ccc(NC3=C(Cl)C(=O)N(c4cc(Cl)ccc4OC)C3=O)cc2)c(Cl)cc1C(=O)[O-]. The normalized spacial score (nSPS) is 13.0. The number of carbonyl (C=O) groups is 4. The van der Waals surface area contributed by atoms with Crippen molar-refractivity contribution in [3.63, 3.8) is 0 Å². The van der Waals surface area contributed by atoms with Crippen molar-refractivity contribution < 1.29 is 33.8 Å². The van der Waals surface area contributed by atoms with Gasteiger partial charge in [-0.15, -0.1) is 0 Å². The van der Waals surface area contributed by atoms with Gasteiger partial charge in [-0.3, -0.25) is 14.4 Å². The number of carbonyl (C=O) groups excluding carboxylic acids is 4. The van der Waals surface area contributed by atoms with Gasteiger partial charge in [0, 0.05) is 27.9 Å². The zero-order valence-electron chi connectivity index (χ0n) is 20.1. The predicted molar refractivity (Wildman–Crippen MR) is 144 cm³/mol. The van der Waals surface area contributed by atoms with Crippen molar-refractivity contribution in [3.8, 4) is 11.5 Å². The Morgan fingerprint density at radius 1 is 0.872 bits per heavy atom. The third kappa shape index (κ3) is 5.49. The number of methoxy groups -OCH3 is 2. The molecule has 4 rings (SSSR count). The van der Waals surface area contributed by atoms with Crippen LogP contribution in [-0.2, 0) is 9.59 Å². The summed E-state index contributed by atoms with van der Waals surface area (Å²) >= 11 is 18.4. The molecule has 3 amide bonds. The summed E-state index contributed by atoms with van der Waals surface area (Å²) in [7, 11) is 2.65. The fraction of sp³-hybridized carbons (Fsp3) is 0.0769. The van der Waals surface area contributed by atoms with Crippen LogP contribution in [0.4, 0.5) is 17.1 Å². The van der Waals surface area contributed by atoms with E-state index in [2.05, 4.69) is 10.6 Å². The monoisotopic (exact) mass is 588 g/mol. The Kier molecular flexibility index (Phi) is 8.01. The average molecular weight is 590 g/mol. The number of hydrogen-bond acceptors (Lipinski definition) is 8. The first-order valence-corrected chi connectivity index (χ1v) is 12.1. The fourth-order valence-electron chi connectivity index (χ4n) is 3.69. The van der Waals surface area contributed by atoms with E-state index in [1.54, 1.807) is 6.07 Å². The van der Waals surface area contributed by atoms with Crippen molar-refractivity contribution in [2.45, 2.75) is 0 Å². The van der Waals surface area contributed by atoms with Crippen molar-refractivity contribution >= 4 is 75.6 Å². The predicted octanol–water partition coefficient (Wildman–Crippen LogP) is 4.06. The van der Waals surface area contributed by atoms with Crippen LogP contribution in [0.3, 0.4) is 0 Å². The van der Waals surface area contributed by atoms with Gasteiger partial charge >= 0.3 is 0 Å². The number of ether oxygens (including phenoxy) is 2. The maximum absolute atomic E-state index is 13.1. The van der Waals surface area contributed by atoms with E-state index in [0.717, 1.165) is 11.0 Å².